The van der Waals surface area contributed by atoms with Gasteiger partial charge in [0.2, 0.25) is 0 Å². The Morgan fingerprint density at radius 1 is 1.10 bits per heavy atom. The van der Waals surface area contributed by atoms with E-state index in [-0.39, 0.29) is 5.91 Å². The van der Waals surface area contributed by atoms with E-state index in [9.17, 15) is 4.79 Å². The normalized spacial score (nSPS) is 16.8. The average Bonchev–Trinajstić information content (AvgIpc) is 2.98. The predicted octanol–water partition coefficient (Wildman–Crippen LogP) is 5.41. The lowest BCUT2D eigenvalue weighted by molar-refractivity contribution is -0.113. The van der Waals surface area contributed by atoms with Gasteiger partial charge < -0.3 is 14.8 Å². The van der Waals surface area contributed by atoms with E-state index in [0.717, 1.165) is 43.9 Å². The highest BCUT2D eigenvalue weighted by Crippen LogP contribution is 2.34. The second-order valence-corrected chi connectivity index (χ2v) is 8.80. The van der Waals surface area contributed by atoms with E-state index in [2.05, 4.69) is 29.4 Å². The van der Waals surface area contributed by atoms with Crippen LogP contribution >= 0.6 is 23.2 Å². The van der Waals surface area contributed by atoms with Crippen LogP contribution in [0.2, 0.25) is 10.0 Å². The van der Waals surface area contributed by atoms with Crippen molar-refractivity contribution in [2.45, 2.75) is 31.8 Å². The van der Waals surface area contributed by atoms with E-state index in [1.807, 2.05) is 18.2 Å². The van der Waals surface area contributed by atoms with Gasteiger partial charge in [-0.25, -0.2) is 0 Å². The highest BCUT2D eigenvalue weighted by molar-refractivity contribution is 6.42. The van der Waals surface area contributed by atoms with Crippen molar-refractivity contribution in [1.82, 2.24) is 4.90 Å². The maximum absolute atomic E-state index is 12.8. The van der Waals surface area contributed by atoms with Crippen LogP contribution in [0.3, 0.4) is 0 Å². The maximum atomic E-state index is 12.8. The molecule has 1 saturated heterocycles. The summed E-state index contributed by atoms with van der Waals surface area (Å²) in [7, 11) is 2.16. The van der Waals surface area contributed by atoms with Gasteiger partial charge in [-0.15, -0.1) is 0 Å². The topological polar surface area (TPSA) is 50.8 Å². The minimum absolute atomic E-state index is 0.144. The zero-order valence-corrected chi connectivity index (χ0v) is 19.0. The lowest BCUT2D eigenvalue weighted by Gasteiger charge is -2.31. The van der Waals surface area contributed by atoms with Gasteiger partial charge in [0.05, 0.1) is 16.7 Å². The largest absolute Gasteiger partial charge is 0.493 e. The lowest BCUT2D eigenvalue weighted by atomic mass is 10.1. The summed E-state index contributed by atoms with van der Waals surface area (Å²) in [6.07, 6.45) is 4.47. The van der Waals surface area contributed by atoms with Gasteiger partial charge >= 0.3 is 0 Å². The van der Waals surface area contributed by atoms with E-state index in [1.165, 1.54) is 5.56 Å². The number of anilines is 1. The van der Waals surface area contributed by atoms with Crippen LogP contribution in [0, 0.1) is 0 Å². The van der Waals surface area contributed by atoms with E-state index in [0.29, 0.717) is 40.4 Å². The second-order valence-electron chi connectivity index (χ2n) is 7.98. The molecule has 5 nitrogen and oxygen atoms in total. The van der Waals surface area contributed by atoms with Crippen molar-refractivity contribution >= 4 is 40.9 Å². The average molecular weight is 461 g/mol. The number of ether oxygens (including phenoxy) is 2. The van der Waals surface area contributed by atoms with Crippen molar-refractivity contribution in [2.75, 3.05) is 32.2 Å². The number of fused-ring (bicyclic) bond motifs is 1. The van der Waals surface area contributed by atoms with Gasteiger partial charge in [-0.2, -0.15) is 0 Å². The molecule has 1 N–H and O–H groups in total. The number of benzene rings is 2. The number of amides is 1. The number of halogens is 2. The van der Waals surface area contributed by atoms with Crippen molar-refractivity contribution < 1.29 is 14.3 Å². The molecule has 0 spiro atoms. The third-order valence-corrected chi connectivity index (χ3v) is 6.48. The summed E-state index contributed by atoms with van der Waals surface area (Å²) in [6, 6.07) is 12.0. The second kappa shape index (κ2) is 10.0. The zero-order valence-electron chi connectivity index (χ0n) is 17.5. The van der Waals surface area contributed by atoms with Crippen molar-refractivity contribution in [2.24, 2.45) is 0 Å². The number of hydrogen-bond acceptors (Lipinski definition) is 4. The van der Waals surface area contributed by atoms with E-state index < -0.39 is 0 Å². The molecule has 0 unspecified atom stereocenters. The number of carbonyl (C=O) groups excluding carboxylic acids is 1. The molecule has 2 heterocycles. The number of carbonyl (C=O) groups is 1. The molecule has 1 fully saturated rings. The van der Waals surface area contributed by atoms with Crippen LogP contribution in [0.25, 0.3) is 6.08 Å². The van der Waals surface area contributed by atoms with Crippen molar-refractivity contribution in [3.63, 3.8) is 0 Å². The Morgan fingerprint density at radius 2 is 1.81 bits per heavy atom. The van der Waals surface area contributed by atoms with Crippen LogP contribution in [-0.4, -0.2) is 43.7 Å². The lowest BCUT2D eigenvalue weighted by Crippen LogP contribution is -2.36. The summed E-state index contributed by atoms with van der Waals surface area (Å²) in [5.74, 6) is 0.491. The summed E-state index contributed by atoms with van der Waals surface area (Å²) >= 11 is 12.2. The molecule has 0 radical (unpaired) electrons. The Bertz CT molecular complexity index is 970. The number of hydrogen-bond donors (Lipinski definition) is 1. The van der Waals surface area contributed by atoms with Crippen LogP contribution < -0.4 is 10.1 Å². The molecule has 0 aliphatic carbocycles. The predicted molar refractivity (Wildman–Crippen MR) is 125 cm³/mol. The van der Waals surface area contributed by atoms with Crippen LogP contribution in [0.5, 0.6) is 5.75 Å². The molecule has 2 aromatic rings. The Balaban J connectivity index is 1.40. The third kappa shape index (κ3) is 5.60. The van der Waals surface area contributed by atoms with E-state index in [1.54, 1.807) is 12.1 Å². The highest BCUT2D eigenvalue weighted by Gasteiger charge is 2.19. The monoisotopic (exact) mass is 460 g/mol. The molecule has 164 valence electrons. The summed E-state index contributed by atoms with van der Waals surface area (Å²) in [5.41, 5.74) is 3.38. The first-order chi connectivity index (χ1) is 15.0. The third-order valence-electron chi connectivity index (χ3n) is 5.76. The first kappa shape index (κ1) is 22.2. The van der Waals surface area contributed by atoms with Gasteiger partial charge in [0, 0.05) is 55.1 Å². The molecule has 2 aromatic carbocycles. The van der Waals surface area contributed by atoms with Crippen LogP contribution in [0.15, 0.2) is 42.0 Å². The first-order valence-electron chi connectivity index (χ1n) is 10.5. The van der Waals surface area contributed by atoms with E-state index in [4.69, 9.17) is 32.7 Å². The Hall–Kier alpha value is -2.05. The summed E-state index contributed by atoms with van der Waals surface area (Å²) < 4.78 is 11.2. The minimum Gasteiger partial charge on any atom is -0.493 e. The van der Waals surface area contributed by atoms with Gasteiger partial charge in [-0.05, 0) is 49.7 Å². The van der Waals surface area contributed by atoms with Gasteiger partial charge in [-0.1, -0.05) is 35.3 Å². The molecule has 4 rings (SSSR count). The number of nitrogens with zero attached hydrogens (tertiary/aromatic N) is 1. The molecule has 0 bridgehead atoms. The van der Waals surface area contributed by atoms with Crippen molar-refractivity contribution in [3.8, 4) is 5.75 Å². The number of nitrogens with one attached hydrogen (secondary N) is 1. The quantitative estimate of drug-likeness (QED) is 0.647. The molecule has 7 heteroatoms. The van der Waals surface area contributed by atoms with Crippen LogP contribution in [0.4, 0.5) is 5.69 Å². The highest BCUT2D eigenvalue weighted by atomic mass is 35.5. The smallest absolute Gasteiger partial charge is 0.251 e. The standard InChI is InChI=1S/C24H26Cl2N2O3/c1-28(20-7-9-30-10-8-20)15-16-2-4-19(5-3-16)27-24(29)17-6-11-31-23-14-22(26)21(25)13-18(23)12-17/h2-5,12-14,20H,6-11,15H2,1H3,(H,27,29). The van der Waals surface area contributed by atoms with Crippen LogP contribution in [0.1, 0.15) is 30.4 Å². The van der Waals surface area contributed by atoms with Gasteiger partial charge in [-0.3, -0.25) is 9.69 Å². The molecule has 0 saturated carbocycles. The Morgan fingerprint density at radius 3 is 2.55 bits per heavy atom. The Kier molecular flexibility index (Phi) is 7.18. The zero-order chi connectivity index (χ0) is 21.8. The summed E-state index contributed by atoms with van der Waals surface area (Å²) in [4.78, 5) is 15.2. The molecule has 1 amide bonds. The maximum Gasteiger partial charge on any atom is 0.251 e. The van der Waals surface area contributed by atoms with Gasteiger partial charge in [0.15, 0.2) is 0 Å². The Labute approximate surface area is 192 Å². The molecular formula is C24H26Cl2N2O3. The van der Waals surface area contributed by atoms with Crippen molar-refractivity contribution in [3.05, 3.63) is 63.1 Å². The minimum atomic E-state index is -0.144. The van der Waals surface area contributed by atoms with Crippen molar-refractivity contribution in [1.29, 1.82) is 0 Å². The SMILES string of the molecule is CN(Cc1ccc(NC(=O)C2=Cc3cc(Cl)c(Cl)cc3OCC2)cc1)C1CCOCC1. The summed E-state index contributed by atoms with van der Waals surface area (Å²) in [5, 5.41) is 3.86. The van der Waals surface area contributed by atoms with E-state index >= 15 is 0 Å². The summed E-state index contributed by atoms with van der Waals surface area (Å²) in [6.45, 7) is 2.96. The fourth-order valence-corrected chi connectivity index (χ4v) is 4.27. The fraction of sp³-hybridized carbons (Fsp3) is 0.375. The molecular weight excluding hydrogens is 435 g/mol. The molecule has 0 aromatic heterocycles. The van der Waals surface area contributed by atoms with Crippen LogP contribution in [-0.2, 0) is 16.1 Å². The van der Waals surface area contributed by atoms with Gasteiger partial charge in [0.1, 0.15) is 5.75 Å². The van der Waals surface area contributed by atoms with Gasteiger partial charge in [0.25, 0.3) is 5.91 Å². The fourth-order valence-electron chi connectivity index (χ4n) is 3.94. The first-order valence-corrected chi connectivity index (χ1v) is 11.3. The number of rotatable bonds is 5. The molecule has 2 aliphatic rings. The molecule has 31 heavy (non-hydrogen) atoms. The molecule has 2 aliphatic heterocycles. The molecule has 0 atom stereocenters.